The molecule has 0 aliphatic heterocycles. The summed E-state index contributed by atoms with van der Waals surface area (Å²) in [7, 11) is 1.63. The molecule has 28 heavy (non-hydrogen) atoms. The number of hydrogen-bond donors (Lipinski definition) is 1. The number of hydrogen-bond acceptors (Lipinski definition) is 4. The third kappa shape index (κ3) is 5.44. The molecule has 0 spiro atoms. The molecule has 3 rings (SSSR count). The molecule has 5 nitrogen and oxygen atoms in total. The molecule has 142 valence electrons. The van der Waals surface area contributed by atoms with Crippen LogP contribution in [0.4, 0.5) is 0 Å². The second-order valence-corrected chi connectivity index (χ2v) is 6.74. The average molecular weight is 439 g/mol. The summed E-state index contributed by atoms with van der Waals surface area (Å²) in [6.45, 7) is 0.416. The van der Waals surface area contributed by atoms with Crippen LogP contribution in [0.1, 0.15) is 21.5 Å². The lowest BCUT2D eigenvalue weighted by molar-refractivity contribution is 0.0955. The summed E-state index contributed by atoms with van der Waals surface area (Å²) < 4.78 is 11.9. The van der Waals surface area contributed by atoms with Gasteiger partial charge in [-0.2, -0.15) is 5.10 Å². The Morgan fingerprint density at radius 3 is 2.57 bits per heavy atom. The number of carbonyl (C=O) groups is 1. The highest BCUT2D eigenvalue weighted by molar-refractivity contribution is 9.10. The fourth-order valence-corrected chi connectivity index (χ4v) is 2.82. The standard InChI is InChI=1S/C22H19BrN2O3/c1-27-20-7-4-5-16(13-20)15-28-19-11-9-17(10-12-19)22(26)25-24-14-18-6-2-3-8-21(18)23/h2-14H,15H2,1H3,(H,25,26). The van der Waals surface area contributed by atoms with Crippen molar-refractivity contribution < 1.29 is 14.3 Å². The summed E-state index contributed by atoms with van der Waals surface area (Å²) in [6, 6.07) is 22.2. The molecule has 0 aliphatic carbocycles. The van der Waals surface area contributed by atoms with Crippen molar-refractivity contribution in [2.24, 2.45) is 5.10 Å². The van der Waals surface area contributed by atoms with Crippen LogP contribution in [0.5, 0.6) is 11.5 Å². The number of halogens is 1. The van der Waals surface area contributed by atoms with E-state index in [1.807, 2.05) is 48.5 Å². The molecule has 6 heteroatoms. The summed E-state index contributed by atoms with van der Waals surface area (Å²) in [5, 5.41) is 4.00. The fraction of sp³-hybridized carbons (Fsp3) is 0.0909. The van der Waals surface area contributed by atoms with E-state index in [4.69, 9.17) is 9.47 Å². The maximum atomic E-state index is 12.2. The van der Waals surface area contributed by atoms with Gasteiger partial charge in [-0.15, -0.1) is 0 Å². The molecule has 0 aliphatic rings. The maximum Gasteiger partial charge on any atom is 0.271 e. The van der Waals surface area contributed by atoms with Crippen molar-refractivity contribution in [2.75, 3.05) is 7.11 Å². The van der Waals surface area contributed by atoms with Crippen LogP contribution in [0.25, 0.3) is 0 Å². The minimum Gasteiger partial charge on any atom is -0.497 e. The lowest BCUT2D eigenvalue weighted by Crippen LogP contribution is -2.17. The molecular formula is C22H19BrN2O3. The van der Waals surface area contributed by atoms with Crippen molar-refractivity contribution >= 4 is 28.1 Å². The quantitative estimate of drug-likeness (QED) is 0.425. The van der Waals surface area contributed by atoms with Gasteiger partial charge < -0.3 is 9.47 Å². The SMILES string of the molecule is COc1cccc(COc2ccc(C(=O)NN=Cc3ccccc3Br)cc2)c1. The van der Waals surface area contributed by atoms with Crippen molar-refractivity contribution in [1.82, 2.24) is 5.43 Å². The summed E-state index contributed by atoms with van der Waals surface area (Å²) in [4.78, 5) is 12.2. The molecule has 0 fully saturated rings. The van der Waals surface area contributed by atoms with Crippen molar-refractivity contribution in [3.05, 3.63) is 94.0 Å². The summed E-state index contributed by atoms with van der Waals surface area (Å²) >= 11 is 3.43. The van der Waals surface area contributed by atoms with Gasteiger partial charge in [0.05, 0.1) is 13.3 Å². The van der Waals surface area contributed by atoms with Crippen LogP contribution in [-0.2, 0) is 6.61 Å². The topological polar surface area (TPSA) is 59.9 Å². The molecule has 0 aromatic heterocycles. The molecule has 0 atom stereocenters. The largest absolute Gasteiger partial charge is 0.497 e. The van der Waals surface area contributed by atoms with Gasteiger partial charge in [0.1, 0.15) is 18.1 Å². The monoisotopic (exact) mass is 438 g/mol. The Kier molecular flexibility index (Phi) is 6.81. The van der Waals surface area contributed by atoms with Crippen molar-refractivity contribution in [3.63, 3.8) is 0 Å². The Labute approximate surface area is 172 Å². The number of benzene rings is 3. The van der Waals surface area contributed by atoms with Gasteiger partial charge >= 0.3 is 0 Å². The van der Waals surface area contributed by atoms with Gasteiger partial charge in [0.15, 0.2) is 0 Å². The van der Waals surface area contributed by atoms with E-state index in [-0.39, 0.29) is 5.91 Å². The van der Waals surface area contributed by atoms with Crippen LogP contribution < -0.4 is 14.9 Å². The molecule has 0 saturated heterocycles. The fourth-order valence-electron chi connectivity index (χ4n) is 2.44. The van der Waals surface area contributed by atoms with Crippen LogP contribution in [0.2, 0.25) is 0 Å². The third-order valence-electron chi connectivity index (χ3n) is 3.93. The number of hydrazone groups is 1. The molecule has 0 unspecified atom stereocenters. The Morgan fingerprint density at radius 2 is 1.82 bits per heavy atom. The minimum atomic E-state index is -0.289. The van der Waals surface area contributed by atoms with Crippen LogP contribution in [0.15, 0.2) is 82.4 Å². The van der Waals surface area contributed by atoms with E-state index in [0.717, 1.165) is 21.3 Å². The zero-order valence-corrected chi connectivity index (χ0v) is 16.8. The molecule has 0 radical (unpaired) electrons. The highest BCUT2D eigenvalue weighted by atomic mass is 79.9. The first-order valence-electron chi connectivity index (χ1n) is 8.59. The number of ether oxygens (including phenoxy) is 2. The van der Waals surface area contributed by atoms with Gasteiger partial charge in [-0.1, -0.05) is 46.3 Å². The van der Waals surface area contributed by atoms with Crippen LogP contribution in [0.3, 0.4) is 0 Å². The van der Waals surface area contributed by atoms with Crippen LogP contribution >= 0.6 is 15.9 Å². The van der Waals surface area contributed by atoms with Gasteiger partial charge in [-0.05, 0) is 48.0 Å². The number of rotatable bonds is 7. The molecule has 3 aromatic rings. The number of amides is 1. The second kappa shape index (κ2) is 9.71. The van der Waals surface area contributed by atoms with E-state index in [2.05, 4.69) is 26.5 Å². The van der Waals surface area contributed by atoms with Crippen LogP contribution in [-0.4, -0.2) is 19.2 Å². The van der Waals surface area contributed by atoms with Crippen molar-refractivity contribution in [1.29, 1.82) is 0 Å². The summed E-state index contributed by atoms with van der Waals surface area (Å²) in [6.07, 6.45) is 1.59. The predicted octanol–water partition coefficient (Wildman–Crippen LogP) is 4.80. The van der Waals surface area contributed by atoms with Crippen LogP contribution in [0, 0.1) is 0 Å². The second-order valence-electron chi connectivity index (χ2n) is 5.89. The first kappa shape index (κ1) is 19.6. The van der Waals surface area contributed by atoms with E-state index in [1.54, 1.807) is 37.6 Å². The van der Waals surface area contributed by atoms with E-state index >= 15 is 0 Å². The molecule has 1 N–H and O–H groups in total. The number of methoxy groups -OCH3 is 1. The lowest BCUT2D eigenvalue weighted by Gasteiger charge is -2.08. The maximum absolute atomic E-state index is 12.2. The number of carbonyl (C=O) groups excluding carboxylic acids is 1. The highest BCUT2D eigenvalue weighted by Gasteiger charge is 2.05. The molecular weight excluding hydrogens is 420 g/mol. The average Bonchev–Trinajstić information content (AvgIpc) is 2.74. The Hall–Kier alpha value is -3.12. The first-order chi connectivity index (χ1) is 13.7. The van der Waals surface area contributed by atoms with E-state index < -0.39 is 0 Å². The lowest BCUT2D eigenvalue weighted by atomic mass is 10.2. The summed E-state index contributed by atoms with van der Waals surface area (Å²) in [5.41, 5.74) is 4.90. The van der Waals surface area contributed by atoms with Gasteiger partial charge in [0.25, 0.3) is 5.91 Å². The normalized spacial score (nSPS) is 10.6. The molecule has 3 aromatic carbocycles. The number of nitrogens with one attached hydrogen (secondary N) is 1. The van der Waals surface area contributed by atoms with Crippen molar-refractivity contribution in [2.45, 2.75) is 6.61 Å². The minimum absolute atomic E-state index is 0.289. The van der Waals surface area contributed by atoms with Gasteiger partial charge in [-0.25, -0.2) is 5.43 Å². The Morgan fingerprint density at radius 1 is 1.04 bits per heavy atom. The highest BCUT2D eigenvalue weighted by Crippen LogP contribution is 2.17. The van der Waals surface area contributed by atoms with Gasteiger partial charge in [0.2, 0.25) is 0 Å². The first-order valence-corrected chi connectivity index (χ1v) is 9.39. The van der Waals surface area contributed by atoms with Gasteiger partial charge in [-0.3, -0.25) is 4.79 Å². The Bertz CT molecular complexity index is 972. The zero-order chi connectivity index (χ0) is 19.8. The van der Waals surface area contributed by atoms with E-state index in [1.165, 1.54) is 0 Å². The molecule has 0 heterocycles. The van der Waals surface area contributed by atoms with E-state index in [9.17, 15) is 4.79 Å². The number of nitrogens with zero attached hydrogens (tertiary/aromatic N) is 1. The van der Waals surface area contributed by atoms with Crippen molar-refractivity contribution in [3.8, 4) is 11.5 Å². The third-order valence-corrected chi connectivity index (χ3v) is 4.65. The molecule has 0 bridgehead atoms. The predicted molar refractivity (Wildman–Crippen MR) is 113 cm³/mol. The zero-order valence-electron chi connectivity index (χ0n) is 15.3. The Balaban J connectivity index is 1.54. The molecule has 1 amide bonds. The van der Waals surface area contributed by atoms with Gasteiger partial charge in [0, 0.05) is 15.6 Å². The van der Waals surface area contributed by atoms with E-state index in [0.29, 0.717) is 17.9 Å². The summed E-state index contributed by atoms with van der Waals surface area (Å²) in [5.74, 6) is 1.18. The smallest absolute Gasteiger partial charge is 0.271 e. The molecule has 0 saturated carbocycles.